The van der Waals surface area contributed by atoms with Gasteiger partial charge >= 0.3 is 11.9 Å². The molecule has 0 spiro atoms. The average Bonchev–Trinajstić information content (AvgIpc) is 2.89. The molecule has 0 aliphatic heterocycles. The van der Waals surface area contributed by atoms with E-state index >= 15 is 0 Å². The number of allylic oxidation sites excluding steroid dienone is 2. The zero-order chi connectivity index (χ0) is 26.8. The highest BCUT2D eigenvalue weighted by Crippen LogP contribution is 2.26. The van der Waals surface area contributed by atoms with Gasteiger partial charge in [0.05, 0.1) is 0 Å². The Morgan fingerprint density at radius 2 is 1.57 bits per heavy atom. The van der Waals surface area contributed by atoms with Gasteiger partial charge in [0, 0.05) is 19.1 Å². The third-order valence-corrected chi connectivity index (χ3v) is 5.96. The van der Waals surface area contributed by atoms with E-state index < -0.39 is 18.0 Å². The van der Waals surface area contributed by atoms with Gasteiger partial charge in [-0.25, -0.2) is 9.59 Å². The number of carboxylic acid groups (broad SMARTS) is 2. The molecule has 2 N–H and O–H groups in total. The van der Waals surface area contributed by atoms with Crippen molar-refractivity contribution < 1.29 is 29.3 Å². The monoisotopic (exact) mass is 500 g/mol. The molecular weight excluding hydrogens is 468 g/mol. The van der Waals surface area contributed by atoms with Crippen LogP contribution in [0.25, 0.3) is 22.3 Å². The van der Waals surface area contributed by atoms with Crippen LogP contribution in [0.3, 0.4) is 0 Å². The quantitative estimate of drug-likeness (QED) is 0.281. The first-order valence-electron chi connectivity index (χ1n) is 12.1. The van der Waals surface area contributed by atoms with Crippen molar-refractivity contribution in [2.24, 2.45) is 0 Å². The largest absolute Gasteiger partial charge is 0.490 e. The predicted octanol–water partition coefficient (Wildman–Crippen LogP) is 6.36. The van der Waals surface area contributed by atoms with E-state index in [2.05, 4.69) is 12.1 Å². The van der Waals surface area contributed by atoms with Crippen LogP contribution < -0.4 is 4.74 Å². The Bertz CT molecular complexity index is 1270. The summed E-state index contributed by atoms with van der Waals surface area (Å²) in [6.07, 6.45) is 2.68. The predicted molar refractivity (Wildman–Crippen MR) is 146 cm³/mol. The van der Waals surface area contributed by atoms with Gasteiger partial charge in [-0.1, -0.05) is 54.6 Å². The minimum atomic E-state index is -0.965. The molecule has 0 aliphatic carbocycles. The number of hydrogen-bond donors (Lipinski definition) is 2. The number of benzene rings is 3. The smallest absolute Gasteiger partial charge is 0.333 e. The summed E-state index contributed by atoms with van der Waals surface area (Å²) in [6, 6.07) is 23.4. The van der Waals surface area contributed by atoms with Gasteiger partial charge in [0.2, 0.25) is 0 Å². The molecule has 0 aromatic heterocycles. The Labute approximate surface area is 217 Å². The lowest BCUT2D eigenvalue weighted by Crippen LogP contribution is -2.26. The fourth-order valence-corrected chi connectivity index (χ4v) is 3.87. The second-order valence-electron chi connectivity index (χ2n) is 8.65. The molecule has 0 bridgehead atoms. The fourth-order valence-electron chi connectivity index (χ4n) is 3.87. The summed E-state index contributed by atoms with van der Waals surface area (Å²) in [7, 11) is 0. The lowest BCUT2D eigenvalue weighted by atomic mass is 9.97. The number of hydrogen-bond acceptors (Lipinski definition) is 4. The second kappa shape index (κ2) is 13.2. The molecule has 1 atom stereocenters. The summed E-state index contributed by atoms with van der Waals surface area (Å²) in [5.41, 5.74) is 6.68. The lowest BCUT2D eigenvalue weighted by Gasteiger charge is -2.12. The third kappa shape index (κ3) is 8.19. The van der Waals surface area contributed by atoms with E-state index in [-0.39, 0.29) is 0 Å². The average molecular weight is 501 g/mol. The van der Waals surface area contributed by atoms with E-state index in [4.69, 9.17) is 14.6 Å². The summed E-state index contributed by atoms with van der Waals surface area (Å²) in [6.45, 7) is 6.35. The van der Waals surface area contributed by atoms with Crippen LogP contribution in [0.1, 0.15) is 37.5 Å². The van der Waals surface area contributed by atoms with Crippen molar-refractivity contribution in [2.45, 2.75) is 33.3 Å². The minimum Gasteiger partial charge on any atom is -0.490 e. The number of ether oxygens (including phenoxy) is 2. The van der Waals surface area contributed by atoms with E-state index in [1.165, 1.54) is 6.08 Å². The van der Waals surface area contributed by atoms with Crippen LogP contribution in [0, 0.1) is 0 Å². The van der Waals surface area contributed by atoms with Crippen LogP contribution in [-0.2, 0) is 20.7 Å². The summed E-state index contributed by atoms with van der Waals surface area (Å²) >= 11 is 0. The van der Waals surface area contributed by atoms with Crippen LogP contribution in [0.15, 0.2) is 84.9 Å². The SMILES string of the molecule is CCOC(Cc1ccc(OCC=C(C)c2ccc(-c3cccc(C(C)=CC(=O)O)c3)cc2)cc1)C(=O)O. The molecule has 0 saturated carbocycles. The first-order chi connectivity index (χ1) is 17.8. The summed E-state index contributed by atoms with van der Waals surface area (Å²) < 4.78 is 11.1. The van der Waals surface area contributed by atoms with Crippen LogP contribution >= 0.6 is 0 Å². The molecular formula is C31H32O6. The summed E-state index contributed by atoms with van der Waals surface area (Å²) in [5, 5.41) is 18.2. The molecule has 0 fully saturated rings. The number of aliphatic carboxylic acids is 2. The first kappa shape index (κ1) is 27.4. The Kier molecular flexibility index (Phi) is 9.81. The van der Waals surface area contributed by atoms with Gasteiger partial charge in [-0.2, -0.15) is 0 Å². The highest BCUT2D eigenvalue weighted by Gasteiger charge is 2.17. The molecule has 1 unspecified atom stereocenters. The molecule has 37 heavy (non-hydrogen) atoms. The molecule has 0 saturated heterocycles. The topological polar surface area (TPSA) is 93.1 Å². The van der Waals surface area contributed by atoms with E-state index in [1.807, 2.05) is 73.7 Å². The molecule has 0 amide bonds. The lowest BCUT2D eigenvalue weighted by molar-refractivity contribution is -0.150. The van der Waals surface area contributed by atoms with E-state index in [1.54, 1.807) is 13.8 Å². The van der Waals surface area contributed by atoms with Crippen molar-refractivity contribution in [3.8, 4) is 16.9 Å². The fraction of sp³-hybridized carbons (Fsp3) is 0.226. The van der Waals surface area contributed by atoms with Gasteiger partial charge in [0.25, 0.3) is 0 Å². The molecule has 192 valence electrons. The highest BCUT2D eigenvalue weighted by molar-refractivity contribution is 5.90. The van der Waals surface area contributed by atoms with E-state index in [0.29, 0.717) is 31.0 Å². The molecule has 3 aromatic carbocycles. The standard InChI is InChI=1S/C31H32O6/c1-4-36-29(31(34)35)19-23-8-14-28(15-9-23)37-17-16-21(2)24-10-12-25(13-11-24)27-7-5-6-26(20-27)22(3)18-30(32)33/h5-16,18,20,29H,4,17,19H2,1-3H3,(H,32,33)(H,34,35). The van der Waals surface area contributed by atoms with Crippen molar-refractivity contribution in [1.29, 1.82) is 0 Å². The van der Waals surface area contributed by atoms with Crippen LogP contribution in [0.5, 0.6) is 5.75 Å². The number of carboxylic acids is 2. The molecule has 0 aliphatic rings. The maximum absolute atomic E-state index is 11.3. The number of carbonyl (C=O) groups is 2. The first-order valence-corrected chi connectivity index (χ1v) is 12.1. The Balaban J connectivity index is 1.60. The highest BCUT2D eigenvalue weighted by atomic mass is 16.5. The molecule has 3 rings (SSSR count). The van der Waals surface area contributed by atoms with Gasteiger partial charge in [-0.15, -0.1) is 0 Å². The third-order valence-electron chi connectivity index (χ3n) is 5.96. The van der Waals surface area contributed by atoms with Crippen molar-refractivity contribution in [2.75, 3.05) is 13.2 Å². The molecule has 6 heteroatoms. The maximum atomic E-state index is 11.3. The minimum absolute atomic E-state index is 0.307. The van der Waals surface area contributed by atoms with E-state index in [9.17, 15) is 14.7 Å². The second-order valence-corrected chi connectivity index (χ2v) is 8.65. The zero-order valence-corrected chi connectivity index (χ0v) is 21.3. The van der Waals surface area contributed by atoms with Gasteiger partial charge in [-0.3, -0.25) is 0 Å². The van der Waals surface area contributed by atoms with Crippen molar-refractivity contribution in [1.82, 2.24) is 0 Å². The molecule has 0 radical (unpaired) electrons. The molecule has 6 nitrogen and oxygen atoms in total. The molecule has 0 heterocycles. The normalized spacial score (nSPS) is 12.7. The Morgan fingerprint density at radius 1 is 0.865 bits per heavy atom. The van der Waals surface area contributed by atoms with Gasteiger partial charge in [0.15, 0.2) is 6.10 Å². The summed E-state index contributed by atoms with van der Waals surface area (Å²) in [5.74, 6) is -1.22. The maximum Gasteiger partial charge on any atom is 0.333 e. The van der Waals surface area contributed by atoms with E-state index in [0.717, 1.165) is 33.4 Å². The van der Waals surface area contributed by atoms with Gasteiger partial charge < -0.3 is 19.7 Å². The van der Waals surface area contributed by atoms with Crippen LogP contribution in [0.2, 0.25) is 0 Å². The Hall–Kier alpha value is -4.16. The van der Waals surface area contributed by atoms with Crippen LogP contribution in [-0.4, -0.2) is 41.5 Å². The van der Waals surface area contributed by atoms with Gasteiger partial charge in [0.1, 0.15) is 12.4 Å². The Morgan fingerprint density at radius 3 is 2.19 bits per heavy atom. The van der Waals surface area contributed by atoms with Crippen molar-refractivity contribution in [3.63, 3.8) is 0 Å². The van der Waals surface area contributed by atoms with Crippen molar-refractivity contribution in [3.05, 3.63) is 102 Å². The zero-order valence-electron chi connectivity index (χ0n) is 21.3. The van der Waals surface area contributed by atoms with Crippen LogP contribution in [0.4, 0.5) is 0 Å². The van der Waals surface area contributed by atoms with Gasteiger partial charge in [-0.05, 0) is 84.0 Å². The summed E-state index contributed by atoms with van der Waals surface area (Å²) in [4.78, 5) is 22.2. The van der Waals surface area contributed by atoms with Crippen molar-refractivity contribution >= 4 is 23.1 Å². The number of rotatable bonds is 12. The molecule has 3 aromatic rings.